The van der Waals surface area contributed by atoms with Crippen LogP contribution in [0.2, 0.25) is 0 Å². The zero-order chi connectivity index (χ0) is 24.2. The highest BCUT2D eigenvalue weighted by Gasteiger charge is 2.20. The second kappa shape index (κ2) is 10.7. The third kappa shape index (κ3) is 5.70. The number of thiazole rings is 1. The molecule has 1 aromatic carbocycles. The van der Waals surface area contributed by atoms with Crippen molar-refractivity contribution >= 4 is 34.0 Å². The van der Waals surface area contributed by atoms with Crippen molar-refractivity contribution < 1.29 is 13.3 Å². The van der Waals surface area contributed by atoms with Crippen molar-refractivity contribution in [3.63, 3.8) is 0 Å². The summed E-state index contributed by atoms with van der Waals surface area (Å²) in [7, 11) is -1.38. The van der Waals surface area contributed by atoms with E-state index in [1.165, 1.54) is 17.4 Å². The zero-order valence-electron chi connectivity index (χ0n) is 19.6. The van der Waals surface area contributed by atoms with Gasteiger partial charge in [0.2, 0.25) is 11.8 Å². The Morgan fingerprint density at radius 2 is 2.09 bits per heavy atom. The molecule has 182 valence electrons. The van der Waals surface area contributed by atoms with Gasteiger partial charge in [0.25, 0.3) is 0 Å². The van der Waals surface area contributed by atoms with E-state index in [9.17, 15) is 8.60 Å². The van der Waals surface area contributed by atoms with Gasteiger partial charge in [0, 0.05) is 29.6 Å². The van der Waals surface area contributed by atoms with Crippen LogP contribution in [0.1, 0.15) is 37.3 Å². The van der Waals surface area contributed by atoms with Crippen LogP contribution in [0.15, 0.2) is 24.4 Å². The molecule has 0 spiro atoms. The fourth-order valence-electron chi connectivity index (χ4n) is 3.54. The molecule has 1 saturated heterocycles. The largest absolute Gasteiger partial charge is 0.437 e. The van der Waals surface area contributed by atoms with E-state index >= 15 is 0 Å². The van der Waals surface area contributed by atoms with Crippen molar-refractivity contribution in [1.82, 2.24) is 20.3 Å². The van der Waals surface area contributed by atoms with Crippen molar-refractivity contribution in [3.8, 4) is 22.2 Å². The van der Waals surface area contributed by atoms with E-state index in [-0.39, 0.29) is 17.0 Å². The van der Waals surface area contributed by atoms with Gasteiger partial charge in [-0.3, -0.25) is 0 Å². The van der Waals surface area contributed by atoms with Gasteiger partial charge in [-0.2, -0.15) is 0 Å². The van der Waals surface area contributed by atoms with Gasteiger partial charge >= 0.3 is 0 Å². The van der Waals surface area contributed by atoms with Crippen LogP contribution in [0.5, 0.6) is 11.6 Å². The van der Waals surface area contributed by atoms with Crippen LogP contribution in [0.4, 0.5) is 16.0 Å². The number of nitrogens with one attached hydrogen (secondary N) is 3. The maximum absolute atomic E-state index is 15.0. The molecule has 0 radical (unpaired) electrons. The SMILES string of the molecule is Cc1nc(Oc2ccc(NS(=O)C(C)C)c(F)c2C)c(-c2ccnc(NC3CCCNC3)n2)s1. The minimum atomic E-state index is -1.38. The van der Waals surface area contributed by atoms with Crippen molar-refractivity contribution in [1.29, 1.82) is 0 Å². The molecule has 0 amide bonds. The highest BCUT2D eigenvalue weighted by Crippen LogP contribution is 2.39. The van der Waals surface area contributed by atoms with E-state index in [2.05, 4.69) is 30.3 Å². The predicted molar refractivity (Wildman–Crippen MR) is 136 cm³/mol. The summed E-state index contributed by atoms with van der Waals surface area (Å²) in [6.07, 6.45) is 3.88. The first kappa shape index (κ1) is 24.5. The van der Waals surface area contributed by atoms with Crippen LogP contribution in [-0.4, -0.2) is 43.5 Å². The number of benzene rings is 1. The van der Waals surface area contributed by atoms with Crippen molar-refractivity contribution in [3.05, 3.63) is 40.8 Å². The molecule has 1 aliphatic rings. The van der Waals surface area contributed by atoms with Crippen molar-refractivity contribution in [2.45, 2.75) is 51.8 Å². The second-order valence-corrected chi connectivity index (χ2v) is 11.4. The van der Waals surface area contributed by atoms with Crippen LogP contribution in [0.25, 0.3) is 10.6 Å². The minimum Gasteiger partial charge on any atom is -0.437 e. The van der Waals surface area contributed by atoms with Crippen molar-refractivity contribution in [2.24, 2.45) is 0 Å². The first-order valence-electron chi connectivity index (χ1n) is 11.2. The fraction of sp³-hybridized carbons (Fsp3) is 0.435. The number of hydrogen-bond acceptors (Lipinski definition) is 8. The molecular formula is C23H29FN6O2S2. The highest BCUT2D eigenvalue weighted by atomic mass is 32.2. The van der Waals surface area contributed by atoms with Crippen molar-refractivity contribution in [2.75, 3.05) is 23.1 Å². The van der Waals surface area contributed by atoms with Gasteiger partial charge in [0.05, 0.1) is 16.4 Å². The first-order valence-corrected chi connectivity index (χ1v) is 13.3. The summed E-state index contributed by atoms with van der Waals surface area (Å²) in [5.41, 5.74) is 1.16. The van der Waals surface area contributed by atoms with Gasteiger partial charge in [-0.15, -0.1) is 11.3 Å². The topological polar surface area (TPSA) is 101 Å². The summed E-state index contributed by atoms with van der Waals surface area (Å²) in [4.78, 5) is 14.3. The van der Waals surface area contributed by atoms with E-state index in [0.717, 1.165) is 35.8 Å². The lowest BCUT2D eigenvalue weighted by molar-refractivity contribution is 0.457. The number of anilines is 2. The quantitative estimate of drug-likeness (QED) is 0.405. The van der Waals surface area contributed by atoms with Gasteiger partial charge in [-0.25, -0.2) is 23.6 Å². The van der Waals surface area contributed by atoms with Crippen LogP contribution >= 0.6 is 11.3 Å². The third-order valence-electron chi connectivity index (χ3n) is 5.40. The van der Waals surface area contributed by atoms with Crippen LogP contribution in [0, 0.1) is 19.7 Å². The Kier molecular flexibility index (Phi) is 7.74. The Balaban J connectivity index is 1.57. The summed E-state index contributed by atoms with van der Waals surface area (Å²) in [6, 6.07) is 5.28. The van der Waals surface area contributed by atoms with Gasteiger partial charge in [-0.1, -0.05) is 0 Å². The number of rotatable bonds is 8. The molecule has 2 aromatic heterocycles. The van der Waals surface area contributed by atoms with E-state index in [0.29, 0.717) is 28.8 Å². The lowest BCUT2D eigenvalue weighted by atomic mass is 10.1. The molecule has 1 aliphatic heterocycles. The van der Waals surface area contributed by atoms with E-state index < -0.39 is 16.8 Å². The molecule has 3 N–H and O–H groups in total. The Bertz CT molecular complexity index is 1180. The summed E-state index contributed by atoms with van der Waals surface area (Å²) in [5, 5.41) is 7.43. The Morgan fingerprint density at radius 1 is 1.26 bits per heavy atom. The maximum atomic E-state index is 15.0. The maximum Gasteiger partial charge on any atom is 0.240 e. The first-order chi connectivity index (χ1) is 16.3. The lowest BCUT2D eigenvalue weighted by Crippen LogP contribution is -2.38. The number of piperidine rings is 1. The molecule has 2 atom stereocenters. The Morgan fingerprint density at radius 3 is 2.82 bits per heavy atom. The third-order valence-corrected chi connectivity index (χ3v) is 7.66. The van der Waals surface area contributed by atoms with Crippen LogP contribution in [0.3, 0.4) is 0 Å². The molecular weight excluding hydrogens is 475 g/mol. The standard InChI is InChI=1S/C23H29FN6O2S2/c1-13(2)34(31)30-17-7-8-19(14(3)20(17)24)32-22-21(33-15(4)27-22)18-9-11-26-23(29-18)28-16-6-5-10-25-12-16/h7-9,11,13,16,25,30H,5-6,10,12H2,1-4H3,(H,26,28,29). The average Bonchev–Trinajstić information content (AvgIpc) is 3.19. The number of hydrogen-bond donors (Lipinski definition) is 3. The molecule has 2 unspecified atom stereocenters. The number of halogens is 1. The molecule has 0 bridgehead atoms. The monoisotopic (exact) mass is 504 g/mol. The predicted octanol–water partition coefficient (Wildman–Crippen LogP) is 4.80. The minimum absolute atomic E-state index is 0.141. The van der Waals surface area contributed by atoms with Crippen LogP contribution < -0.4 is 20.1 Å². The van der Waals surface area contributed by atoms with E-state index in [1.54, 1.807) is 33.0 Å². The molecule has 34 heavy (non-hydrogen) atoms. The molecule has 3 aromatic rings. The summed E-state index contributed by atoms with van der Waals surface area (Å²) < 4.78 is 35.8. The van der Waals surface area contributed by atoms with Gasteiger partial charge in [-0.05, 0) is 65.3 Å². The smallest absolute Gasteiger partial charge is 0.240 e. The Labute approximate surface area is 205 Å². The molecule has 11 heteroatoms. The van der Waals surface area contributed by atoms with Gasteiger partial charge in [0.15, 0.2) is 5.82 Å². The fourth-order valence-corrected chi connectivity index (χ4v) is 4.97. The van der Waals surface area contributed by atoms with E-state index in [1.807, 2.05) is 13.0 Å². The molecule has 1 fully saturated rings. The zero-order valence-corrected chi connectivity index (χ0v) is 21.3. The summed E-state index contributed by atoms with van der Waals surface area (Å²) in [5.74, 6) is 0.750. The molecule has 4 rings (SSSR count). The van der Waals surface area contributed by atoms with E-state index in [4.69, 9.17) is 4.74 Å². The molecule has 0 saturated carbocycles. The van der Waals surface area contributed by atoms with Crippen LogP contribution in [-0.2, 0) is 11.0 Å². The number of ether oxygens (including phenoxy) is 1. The highest BCUT2D eigenvalue weighted by molar-refractivity contribution is 7.86. The number of aromatic nitrogens is 3. The number of nitrogens with zero attached hydrogens (tertiary/aromatic N) is 3. The summed E-state index contributed by atoms with van der Waals surface area (Å²) in [6.45, 7) is 9.03. The molecule has 3 heterocycles. The summed E-state index contributed by atoms with van der Waals surface area (Å²) >= 11 is 1.45. The Hall–Kier alpha value is -2.63. The second-order valence-electron chi connectivity index (χ2n) is 8.42. The molecule has 0 aliphatic carbocycles. The number of aryl methyl sites for hydroxylation is 1. The van der Waals surface area contributed by atoms with Gasteiger partial charge < -0.3 is 20.1 Å². The molecule has 8 nitrogen and oxygen atoms in total. The lowest BCUT2D eigenvalue weighted by Gasteiger charge is -2.23. The normalized spacial score (nSPS) is 16.9. The van der Waals surface area contributed by atoms with Gasteiger partial charge in [0.1, 0.15) is 21.6 Å². The average molecular weight is 505 g/mol.